The maximum Gasteiger partial charge on any atom is 0.137 e. The second-order valence-electron chi connectivity index (χ2n) is 5.86. The highest BCUT2D eigenvalue weighted by Crippen LogP contribution is 2.40. The number of anilines is 2. The number of rotatable bonds is 8. The molecule has 2 rings (SSSR count). The van der Waals surface area contributed by atoms with Crippen LogP contribution in [-0.2, 0) is 0 Å². The Balaban J connectivity index is 2.25. The predicted octanol–water partition coefficient (Wildman–Crippen LogP) is 3.72. The van der Waals surface area contributed by atoms with Crippen LogP contribution in [0.15, 0.2) is 0 Å². The predicted molar refractivity (Wildman–Crippen MR) is 85.7 cm³/mol. The molecule has 0 radical (unpaired) electrons. The van der Waals surface area contributed by atoms with Gasteiger partial charge in [0.05, 0.1) is 0 Å². The molecule has 0 spiro atoms. The molecule has 4 heteroatoms. The summed E-state index contributed by atoms with van der Waals surface area (Å²) in [6.45, 7) is 8.57. The van der Waals surface area contributed by atoms with Gasteiger partial charge in [0, 0.05) is 31.6 Å². The molecular formula is C16H28N4. The van der Waals surface area contributed by atoms with E-state index >= 15 is 0 Å². The SMILES string of the molecule is CCCCN(C)c1nc(C2CC2)nc(NCCC)c1C. The quantitative estimate of drug-likeness (QED) is 0.785. The van der Waals surface area contributed by atoms with Gasteiger partial charge in [0.1, 0.15) is 17.5 Å². The van der Waals surface area contributed by atoms with Crippen LogP contribution in [0.25, 0.3) is 0 Å². The fourth-order valence-corrected chi connectivity index (χ4v) is 2.33. The van der Waals surface area contributed by atoms with Crippen LogP contribution in [0.4, 0.5) is 11.6 Å². The van der Waals surface area contributed by atoms with Gasteiger partial charge in [0.25, 0.3) is 0 Å². The highest BCUT2D eigenvalue weighted by molar-refractivity contribution is 5.58. The minimum absolute atomic E-state index is 0.594. The average Bonchev–Trinajstić information content (AvgIpc) is 3.28. The van der Waals surface area contributed by atoms with Gasteiger partial charge in [0.15, 0.2) is 0 Å². The third-order valence-corrected chi connectivity index (χ3v) is 3.83. The highest BCUT2D eigenvalue weighted by atomic mass is 15.2. The molecule has 0 amide bonds. The van der Waals surface area contributed by atoms with Crippen LogP contribution in [0.5, 0.6) is 0 Å². The lowest BCUT2D eigenvalue weighted by Gasteiger charge is -2.22. The molecule has 1 aliphatic carbocycles. The van der Waals surface area contributed by atoms with Crippen LogP contribution in [0.1, 0.15) is 63.3 Å². The van der Waals surface area contributed by atoms with Crippen molar-refractivity contribution in [3.8, 4) is 0 Å². The Labute approximate surface area is 123 Å². The van der Waals surface area contributed by atoms with Gasteiger partial charge in [-0.25, -0.2) is 9.97 Å². The summed E-state index contributed by atoms with van der Waals surface area (Å²) in [6.07, 6.45) is 6.02. The topological polar surface area (TPSA) is 41.1 Å². The van der Waals surface area contributed by atoms with Crippen molar-refractivity contribution in [2.75, 3.05) is 30.4 Å². The molecule has 4 nitrogen and oxygen atoms in total. The van der Waals surface area contributed by atoms with Gasteiger partial charge in [-0.1, -0.05) is 20.3 Å². The molecule has 1 aromatic rings. The molecule has 20 heavy (non-hydrogen) atoms. The number of nitrogens with zero attached hydrogens (tertiary/aromatic N) is 3. The van der Waals surface area contributed by atoms with Crippen LogP contribution in [0.3, 0.4) is 0 Å². The van der Waals surface area contributed by atoms with E-state index in [4.69, 9.17) is 9.97 Å². The average molecular weight is 276 g/mol. The molecule has 1 fully saturated rings. The molecule has 1 aromatic heterocycles. The molecule has 112 valence electrons. The second kappa shape index (κ2) is 6.91. The minimum Gasteiger partial charge on any atom is -0.370 e. The summed E-state index contributed by atoms with van der Waals surface area (Å²) in [6, 6.07) is 0. The number of hydrogen-bond donors (Lipinski definition) is 1. The van der Waals surface area contributed by atoms with Gasteiger partial charge in [-0.3, -0.25) is 0 Å². The Hall–Kier alpha value is -1.32. The van der Waals surface area contributed by atoms with Crippen molar-refractivity contribution in [3.63, 3.8) is 0 Å². The van der Waals surface area contributed by atoms with Crippen molar-refractivity contribution in [2.24, 2.45) is 0 Å². The smallest absolute Gasteiger partial charge is 0.137 e. The fourth-order valence-electron chi connectivity index (χ4n) is 2.33. The van der Waals surface area contributed by atoms with E-state index in [2.05, 4.69) is 38.0 Å². The molecule has 0 aliphatic heterocycles. The van der Waals surface area contributed by atoms with E-state index in [1.54, 1.807) is 0 Å². The fraction of sp³-hybridized carbons (Fsp3) is 0.750. The third kappa shape index (κ3) is 3.62. The van der Waals surface area contributed by atoms with Crippen LogP contribution >= 0.6 is 0 Å². The summed E-state index contributed by atoms with van der Waals surface area (Å²) >= 11 is 0. The Morgan fingerprint density at radius 1 is 1.20 bits per heavy atom. The zero-order valence-corrected chi connectivity index (χ0v) is 13.4. The maximum absolute atomic E-state index is 4.83. The van der Waals surface area contributed by atoms with E-state index in [0.717, 1.165) is 37.0 Å². The molecule has 1 saturated carbocycles. The molecule has 0 saturated heterocycles. The summed E-state index contributed by atoms with van der Waals surface area (Å²) in [5.41, 5.74) is 1.18. The Bertz CT molecular complexity index is 440. The summed E-state index contributed by atoms with van der Waals surface area (Å²) < 4.78 is 0. The van der Waals surface area contributed by atoms with Crippen LogP contribution in [0, 0.1) is 6.92 Å². The van der Waals surface area contributed by atoms with E-state index in [-0.39, 0.29) is 0 Å². The lowest BCUT2D eigenvalue weighted by Crippen LogP contribution is -2.22. The standard InChI is InChI=1S/C16H28N4/c1-5-7-11-20(4)16-12(3)14(17-10-6-2)18-15(19-16)13-8-9-13/h13H,5-11H2,1-4H3,(H,17,18,19). The number of aromatic nitrogens is 2. The van der Waals surface area contributed by atoms with Gasteiger partial charge in [-0.2, -0.15) is 0 Å². The summed E-state index contributed by atoms with van der Waals surface area (Å²) in [7, 11) is 2.14. The van der Waals surface area contributed by atoms with E-state index in [9.17, 15) is 0 Å². The largest absolute Gasteiger partial charge is 0.370 e. The van der Waals surface area contributed by atoms with Gasteiger partial charge in [-0.15, -0.1) is 0 Å². The molecule has 1 heterocycles. The maximum atomic E-state index is 4.83. The molecular weight excluding hydrogens is 248 g/mol. The van der Waals surface area contributed by atoms with Gasteiger partial charge in [0.2, 0.25) is 0 Å². The van der Waals surface area contributed by atoms with E-state index < -0.39 is 0 Å². The molecule has 0 unspecified atom stereocenters. The number of hydrogen-bond acceptors (Lipinski definition) is 4. The molecule has 0 atom stereocenters. The number of unbranched alkanes of at least 4 members (excludes halogenated alkanes) is 1. The summed E-state index contributed by atoms with van der Waals surface area (Å²) in [5.74, 6) is 3.76. The second-order valence-corrected chi connectivity index (χ2v) is 5.86. The van der Waals surface area contributed by atoms with E-state index in [0.29, 0.717) is 5.92 Å². The summed E-state index contributed by atoms with van der Waals surface area (Å²) in [5, 5.41) is 3.46. The highest BCUT2D eigenvalue weighted by Gasteiger charge is 2.28. The first-order valence-corrected chi connectivity index (χ1v) is 8.00. The number of nitrogens with one attached hydrogen (secondary N) is 1. The Morgan fingerprint density at radius 2 is 1.95 bits per heavy atom. The van der Waals surface area contributed by atoms with Crippen molar-refractivity contribution in [1.29, 1.82) is 0 Å². The van der Waals surface area contributed by atoms with E-state index in [1.165, 1.54) is 31.2 Å². The van der Waals surface area contributed by atoms with Crippen molar-refractivity contribution in [1.82, 2.24) is 9.97 Å². The first kappa shape index (κ1) is 15.1. The van der Waals surface area contributed by atoms with Crippen molar-refractivity contribution < 1.29 is 0 Å². The summed E-state index contributed by atoms with van der Waals surface area (Å²) in [4.78, 5) is 11.9. The lowest BCUT2D eigenvalue weighted by atomic mass is 10.2. The monoisotopic (exact) mass is 276 g/mol. The van der Waals surface area contributed by atoms with Crippen LogP contribution in [-0.4, -0.2) is 30.1 Å². The zero-order valence-electron chi connectivity index (χ0n) is 13.4. The Morgan fingerprint density at radius 3 is 2.55 bits per heavy atom. The minimum atomic E-state index is 0.594. The van der Waals surface area contributed by atoms with Crippen LogP contribution < -0.4 is 10.2 Å². The van der Waals surface area contributed by atoms with Crippen LogP contribution in [0.2, 0.25) is 0 Å². The van der Waals surface area contributed by atoms with Crippen molar-refractivity contribution in [2.45, 2.75) is 58.8 Å². The van der Waals surface area contributed by atoms with Gasteiger partial charge >= 0.3 is 0 Å². The van der Waals surface area contributed by atoms with Crippen molar-refractivity contribution in [3.05, 3.63) is 11.4 Å². The normalized spacial score (nSPS) is 14.4. The molecule has 0 bridgehead atoms. The van der Waals surface area contributed by atoms with Gasteiger partial charge in [-0.05, 0) is 32.6 Å². The Kier molecular flexibility index (Phi) is 5.21. The molecule has 1 N–H and O–H groups in total. The lowest BCUT2D eigenvalue weighted by molar-refractivity contribution is 0.750. The first-order chi connectivity index (χ1) is 9.67. The van der Waals surface area contributed by atoms with Gasteiger partial charge < -0.3 is 10.2 Å². The zero-order chi connectivity index (χ0) is 14.5. The third-order valence-electron chi connectivity index (χ3n) is 3.83. The molecule has 0 aromatic carbocycles. The molecule has 1 aliphatic rings. The van der Waals surface area contributed by atoms with E-state index in [1.807, 2.05) is 0 Å². The first-order valence-electron chi connectivity index (χ1n) is 8.00. The van der Waals surface area contributed by atoms with Crippen molar-refractivity contribution >= 4 is 11.6 Å².